The number of fused-ring (bicyclic) bond motifs is 1. The summed E-state index contributed by atoms with van der Waals surface area (Å²) >= 11 is 12.0. The Morgan fingerprint density at radius 1 is 1.14 bits per heavy atom. The van der Waals surface area contributed by atoms with Gasteiger partial charge in [-0.25, -0.2) is 4.99 Å². The number of carbonyl (C=O) groups is 2. The fraction of sp³-hybridized carbons (Fsp3) is 0.143. The fourth-order valence-electron chi connectivity index (χ4n) is 2.80. The van der Waals surface area contributed by atoms with Crippen molar-refractivity contribution in [2.75, 3.05) is 6.54 Å². The van der Waals surface area contributed by atoms with Crippen molar-refractivity contribution in [2.24, 2.45) is 4.99 Å². The SMILES string of the molecule is CCCNC(=O)/C(C#N)=C1\N=C(NC(=O)c2ccc(Cl)cc2Cl)c2ccccc21. The van der Waals surface area contributed by atoms with Gasteiger partial charge >= 0.3 is 0 Å². The lowest BCUT2D eigenvalue weighted by molar-refractivity contribution is -0.117. The molecule has 2 amide bonds. The lowest BCUT2D eigenvalue weighted by atomic mass is 10.0. The maximum Gasteiger partial charge on any atom is 0.264 e. The maximum atomic E-state index is 12.7. The van der Waals surface area contributed by atoms with Crippen LogP contribution in [0.25, 0.3) is 5.70 Å². The van der Waals surface area contributed by atoms with E-state index >= 15 is 0 Å². The summed E-state index contributed by atoms with van der Waals surface area (Å²) in [4.78, 5) is 29.4. The van der Waals surface area contributed by atoms with Crippen LogP contribution in [-0.2, 0) is 4.79 Å². The molecule has 0 bridgehead atoms. The molecule has 0 saturated carbocycles. The smallest absolute Gasteiger partial charge is 0.264 e. The Hall–Kier alpha value is -3.14. The number of carbonyl (C=O) groups excluding carboxylic acids is 2. The van der Waals surface area contributed by atoms with Gasteiger partial charge in [0.2, 0.25) is 0 Å². The van der Waals surface area contributed by atoms with Crippen molar-refractivity contribution in [1.82, 2.24) is 10.6 Å². The molecular weight excluding hydrogens is 411 g/mol. The first kappa shape index (κ1) is 20.6. The van der Waals surface area contributed by atoms with Crippen molar-refractivity contribution < 1.29 is 9.59 Å². The number of rotatable bonds is 4. The number of amides is 2. The molecule has 0 fully saturated rings. The van der Waals surface area contributed by atoms with Gasteiger partial charge in [0.25, 0.3) is 11.8 Å². The molecule has 1 aliphatic heterocycles. The van der Waals surface area contributed by atoms with Crippen LogP contribution in [0.1, 0.15) is 34.8 Å². The van der Waals surface area contributed by atoms with Crippen LogP contribution >= 0.6 is 23.2 Å². The zero-order valence-corrected chi connectivity index (χ0v) is 16.9. The van der Waals surface area contributed by atoms with Gasteiger partial charge in [0.05, 0.1) is 16.3 Å². The van der Waals surface area contributed by atoms with Crippen molar-refractivity contribution in [3.05, 3.63) is 74.8 Å². The Bertz CT molecular complexity index is 1100. The molecule has 1 aliphatic rings. The second-order valence-electron chi connectivity index (χ2n) is 6.18. The van der Waals surface area contributed by atoms with Crippen LogP contribution in [0.4, 0.5) is 0 Å². The van der Waals surface area contributed by atoms with E-state index in [0.29, 0.717) is 22.7 Å². The summed E-state index contributed by atoms with van der Waals surface area (Å²) in [6, 6.07) is 13.5. The third kappa shape index (κ3) is 4.32. The molecule has 2 aromatic carbocycles. The maximum absolute atomic E-state index is 12.7. The highest BCUT2D eigenvalue weighted by molar-refractivity contribution is 6.37. The van der Waals surface area contributed by atoms with Gasteiger partial charge in [-0.3, -0.25) is 9.59 Å². The standard InChI is InChI=1S/C21H16Cl2N4O2/c1-2-9-25-20(28)16(11-24)18-13-5-3-4-6-14(13)19(26-18)27-21(29)15-8-7-12(22)10-17(15)23/h3-8,10H,2,9H2,1H3,(H,25,28)(H,26,27,29)/b18-16-. The monoisotopic (exact) mass is 426 g/mol. The Labute approximate surface area is 177 Å². The van der Waals surface area contributed by atoms with Gasteiger partial charge in [0, 0.05) is 22.7 Å². The van der Waals surface area contributed by atoms with E-state index < -0.39 is 11.8 Å². The molecule has 0 atom stereocenters. The second kappa shape index (κ2) is 8.91. The van der Waals surface area contributed by atoms with Gasteiger partial charge in [-0.05, 0) is 24.6 Å². The van der Waals surface area contributed by atoms with E-state index in [0.717, 1.165) is 6.42 Å². The molecule has 2 N–H and O–H groups in total. The number of nitriles is 1. The minimum absolute atomic E-state index is 0.111. The molecule has 3 rings (SSSR count). The number of nitrogens with zero attached hydrogens (tertiary/aromatic N) is 2. The molecule has 0 saturated heterocycles. The molecule has 29 heavy (non-hydrogen) atoms. The highest BCUT2D eigenvalue weighted by atomic mass is 35.5. The number of halogens is 2. The number of amidine groups is 1. The quantitative estimate of drug-likeness (QED) is 0.572. The predicted octanol–water partition coefficient (Wildman–Crippen LogP) is 3.94. The van der Waals surface area contributed by atoms with E-state index in [2.05, 4.69) is 15.6 Å². The van der Waals surface area contributed by atoms with Crippen molar-refractivity contribution in [3.63, 3.8) is 0 Å². The molecule has 6 nitrogen and oxygen atoms in total. The third-order valence-electron chi connectivity index (χ3n) is 4.18. The van der Waals surface area contributed by atoms with Gasteiger partial charge in [-0.2, -0.15) is 5.26 Å². The van der Waals surface area contributed by atoms with E-state index in [-0.39, 0.29) is 27.7 Å². The average molecular weight is 427 g/mol. The number of aliphatic imine (C=N–C) groups is 1. The lowest BCUT2D eigenvalue weighted by Gasteiger charge is -2.07. The van der Waals surface area contributed by atoms with E-state index in [4.69, 9.17) is 23.2 Å². The Morgan fingerprint density at radius 3 is 2.52 bits per heavy atom. The largest absolute Gasteiger partial charge is 0.351 e. The first-order valence-corrected chi connectivity index (χ1v) is 9.59. The van der Waals surface area contributed by atoms with Crippen LogP contribution in [-0.4, -0.2) is 24.2 Å². The normalized spacial score (nSPS) is 13.8. The Morgan fingerprint density at radius 2 is 1.86 bits per heavy atom. The first-order chi connectivity index (χ1) is 14.0. The molecule has 1 heterocycles. The number of nitrogens with one attached hydrogen (secondary N) is 2. The summed E-state index contributed by atoms with van der Waals surface area (Å²) in [5, 5.41) is 15.5. The fourth-order valence-corrected chi connectivity index (χ4v) is 3.30. The molecule has 0 radical (unpaired) electrons. The second-order valence-corrected chi connectivity index (χ2v) is 7.02. The topological polar surface area (TPSA) is 94.3 Å². The van der Waals surface area contributed by atoms with Crippen molar-refractivity contribution in [1.29, 1.82) is 5.26 Å². The molecule has 0 aromatic heterocycles. The van der Waals surface area contributed by atoms with Crippen LogP contribution in [0.15, 0.2) is 53.0 Å². The summed E-state index contributed by atoms with van der Waals surface area (Å²) < 4.78 is 0. The van der Waals surface area contributed by atoms with E-state index in [1.54, 1.807) is 30.3 Å². The summed E-state index contributed by atoms with van der Waals surface area (Å²) in [5.41, 5.74) is 1.54. The molecule has 0 spiro atoms. The number of hydrogen-bond donors (Lipinski definition) is 2. The predicted molar refractivity (Wildman–Crippen MR) is 113 cm³/mol. The minimum Gasteiger partial charge on any atom is -0.351 e. The summed E-state index contributed by atoms with van der Waals surface area (Å²) in [6.45, 7) is 2.36. The summed E-state index contributed by atoms with van der Waals surface area (Å²) in [6.07, 6.45) is 0.739. The first-order valence-electron chi connectivity index (χ1n) is 8.83. The average Bonchev–Trinajstić information content (AvgIpc) is 3.05. The van der Waals surface area contributed by atoms with Gasteiger partial charge in [-0.1, -0.05) is 54.4 Å². The highest BCUT2D eigenvalue weighted by Crippen LogP contribution is 2.31. The lowest BCUT2D eigenvalue weighted by Crippen LogP contribution is -2.30. The van der Waals surface area contributed by atoms with Crippen LogP contribution < -0.4 is 10.6 Å². The van der Waals surface area contributed by atoms with E-state index in [1.807, 2.05) is 13.0 Å². The summed E-state index contributed by atoms with van der Waals surface area (Å²) in [7, 11) is 0. The van der Waals surface area contributed by atoms with Crippen LogP contribution in [0.3, 0.4) is 0 Å². The highest BCUT2D eigenvalue weighted by Gasteiger charge is 2.27. The van der Waals surface area contributed by atoms with Crippen molar-refractivity contribution in [3.8, 4) is 6.07 Å². The van der Waals surface area contributed by atoms with Crippen LogP contribution in [0.2, 0.25) is 10.0 Å². The molecule has 8 heteroatoms. The van der Waals surface area contributed by atoms with Crippen LogP contribution in [0, 0.1) is 11.3 Å². The molecule has 0 unspecified atom stereocenters. The van der Waals surface area contributed by atoms with Gasteiger partial charge in [0.1, 0.15) is 17.5 Å². The van der Waals surface area contributed by atoms with E-state index in [9.17, 15) is 14.9 Å². The van der Waals surface area contributed by atoms with Crippen LogP contribution in [0.5, 0.6) is 0 Å². The zero-order valence-electron chi connectivity index (χ0n) is 15.4. The molecule has 0 aliphatic carbocycles. The van der Waals surface area contributed by atoms with Gasteiger partial charge < -0.3 is 10.6 Å². The third-order valence-corrected chi connectivity index (χ3v) is 4.73. The minimum atomic E-state index is -0.503. The molecule has 2 aromatic rings. The number of hydrogen-bond acceptors (Lipinski definition) is 4. The molecule has 146 valence electrons. The summed E-state index contributed by atoms with van der Waals surface area (Å²) in [5.74, 6) is -0.741. The van der Waals surface area contributed by atoms with Crippen molar-refractivity contribution in [2.45, 2.75) is 13.3 Å². The van der Waals surface area contributed by atoms with E-state index in [1.165, 1.54) is 12.1 Å². The zero-order chi connectivity index (χ0) is 21.0. The van der Waals surface area contributed by atoms with Gasteiger partial charge in [0.15, 0.2) is 0 Å². The molecular formula is C21H16Cl2N4O2. The van der Waals surface area contributed by atoms with Gasteiger partial charge in [-0.15, -0.1) is 0 Å². The Kier molecular flexibility index (Phi) is 6.32. The Balaban J connectivity index is 2.00. The number of benzene rings is 2. The van der Waals surface area contributed by atoms with Crippen molar-refractivity contribution >= 4 is 46.5 Å².